The predicted molar refractivity (Wildman–Crippen MR) is 63.5 cm³/mol. The number of carbonyl (C=O) groups is 1. The van der Waals surface area contributed by atoms with Gasteiger partial charge in [-0.15, -0.1) is 12.6 Å². The van der Waals surface area contributed by atoms with Crippen LogP contribution in [0.4, 0.5) is 0 Å². The number of benzene rings is 1. The fourth-order valence-electron chi connectivity index (χ4n) is 1.41. The normalized spacial score (nSPS) is 9.62. The summed E-state index contributed by atoms with van der Waals surface area (Å²) in [5, 5.41) is 8.86. The highest BCUT2D eigenvalue weighted by molar-refractivity contribution is 7.80. The van der Waals surface area contributed by atoms with E-state index in [0.29, 0.717) is 17.1 Å². The van der Waals surface area contributed by atoms with E-state index in [0.717, 1.165) is 11.1 Å². The van der Waals surface area contributed by atoms with Gasteiger partial charge in [0.15, 0.2) is 0 Å². The molecule has 4 heteroatoms. The number of hydrogen-bond acceptors (Lipinski definition) is 4. The van der Waals surface area contributed by atoms with Crippen LogP contribution in [0.15, 0.2) is 17.0 Å². The SMILES string of the molecule is CCOC(=O)Cc1c(C)ccc(C#N)c1S. The largest absolute Gasteiger partial charge is 0.466 e. The maximum Gasteiger partial charge on any atom is 0.310 e. The summed E-state index contributed by atoms with van der Waals surface area (Å²) in [6.45, 7) is 4.01. The summed E-state index contributed by atoms with van der Waals surface area (Å²) in [6, 6.07) is 5.55. The van der Waals surface area contributed by atoms with Gasteiger partial charge in [-0.2, -0.15) is 5.26 Å². The monoisotopic (exact) mass is 235 g/mol. The molecule has 0 unspecified atom stereocenters. The molecule has 0 saturated heterocycles. The van der Waals surface area contributed by atoms with E-state index >= 15 is 0 Å². The molecule has 0 fully saturated rings. The Kier molecular flexibility index (Phi) is 4.39. The lowest BCUT2D eigenvalue weighted by molar-refractivity contribution is -0.142. The number of esters is 1. The predicted octanol–water partition coefficient (Wildman–Crippen LogP) is 2.26. The number of ether oxygens (including phenoxy) is 1. The molecule has 1 rings (SSSR count). The topological polar surface area (TPSA) is 50.1 Å². The van der Waals surface area contributed by atoms with Gasteiger partial charge in [-0.25, -0.2) is 0 Å². The molecule has 0 aliphatic rings. The van der Waals surface area contributed by atoms with Crippen molar-refractivity contribution in [3.8, 4) is 6.07 Å². The first-order chi connectivity index (χ1) is 7.60. The Morgan fingerprint density at radius 2 is 2.25 bits per heavy atom. The number of thiol groups is 1. The standard InChI is InChI=1S/C12H13NO2S/c1-3-15-11(14)6-10-8(2)4-5-9(7-13)12(10)16/h4-5,16H,3,6H2,1-2H3. The number of nitrogens with zero attached hydrogens (tertiary/aromatic N) is 1. The van der Waals surface area contributed by atoms with E-state index in [-0.39, 0.29) is 12.4 Å². The maximum atomic E-state index is 11.4. The lowest BCUT2D eigenvalue weighted by Gasteiger charge is -2.09. The summed E-state index contributed by atoms with van der Waals surface area (Å²) in [4.78, 5) is 11.9. The smallest absolute Gasteiger partial charge is 0.310 e. The summed E-state index contributed by atoms with van der Waals surface area (Å²) >= 11 is 4.27. The van der Waals surface area contributed by atoms with Crippen molar-refractivity contribution < 1.29 is 9.53 Å². The van der Waals surface area contributed by atoms with Crippen molar-refractivity contribution in [3.05, 3.63) is 28.8 Å². The third-order valence-corrected chi connectivity index (χ3v) is 2.77. The van der Waals surface area contributed by atoms with Gasteiger partial charge in [0.05, 0.1) is 18.6 Å². The minimum Gasteiger partial charge on any atom is -0.466 e. The average molecular weight is 235 g/mol. The molecule has 0 heterocycles. The lowest BCUT2D eigenvalue weighted by Crippen LogP contribution is -2.09. The summed E-state index contributed by atoms with van der Waals surface area (Å²) in [5.74, 6) is -0.295. The summed E-state index contributed by atoms with van der Waals surface area (Å²) in [5.41, 5.74) is 2.19. The van der Waals surface area contributed by atoms with Crippen molar-refractivity contribution in [2.75, 3.05) is 6.61 Å². The Morgan fingerprint density at radius 1 is 1.56 bits per heavy atom. The molecule has 84 valence electrons. The fraction of sp³-hybridized carbons (Fsp3) is 0.333. The van der Waals surface area contributed by atoms with E-state index in [2.05, 4.69) is 12.6 Å². The quantitative estimate of drug-likeness (QED) is 0.646. The zero-order valence-electron chi connectivity index (χ0n) is 9.28. The molecule has 0 spiro atoms. The van der Waals surface area contributed by atoms with Crippen LogP contribution in [0.5, 0.6) is 0 Å². The Bertz CT molecular complexity index is 449. The fourth-order valence-corrected chi connectivity index (χ4v) is 1.79. The van der Waals surface area contributed by atoms with Crippen molar-refractivity contribution in [2.24, 2.45) is 0 Å². The highest BCUT2D eigenvalue weighted by Crippen LogP contribution is 2.23. The van der Waals surface area contributed by atoms with Gasteiger partial charge < -0.3 is 4.74 Å². The Balaban J connectivity index is 3.04. The molecule has 0 aliphatic heterocycles. The number of hydrogen-bond donors (Lipinski definition) is 1. The van der Waals surface area contributed by atoms with Gasteiger partial charge in [-0.05, 0) is 31.0 Å². The molecule has 0 bridgehead atoms. The first kappa shape index (κ1) is 12.6. The zero-order chi connectivity index (χ0) is 12.1. The van der Waals surface area contributed by atoms with Crippen molar-refractivity contribution in [3.63, 3.8) is 0 Å². The van der Waals surface area contributed by atoms with E-state index in [4.69, 9.17) is 10.00 Å². The molecule has 1 aromatic carbocycles. The van der Waals surface area contributed by atoms with Gasteiger partial charge >= 0.3 is 5.97 Å². The molecule has 0 atom stereocenters. The van der Waals surface area contributed by atoms with Crippen LogP contribution in [0.2, 0.25) is 0 Å². The summed E-state index contributed by atoms with van der Waals surface area (Å²) < 4.78 is 4.87. The molecule has 0 aromatic heterocycles. The summed E-state index contributed by atoms with van der Waals surface area (Å²) in [7, 11) is 0. The first-order valence-corrected chi connectivity index (χ1v) is 5.42. The zero-order valence-corrected chi connectivity index (χ0v) is 10.2. The molecular weight excluding hydrogens is 222 g/mol. The van der Waals surface area contributed by atoms with Crippen molar-refractivity contribution >= 4 is 18.6 Å². The Hall–Kier alpha value is -1.47. The van der Waals surface area contributed by atoms with Crippen LogP contribution in [0.25, 0.3) is 0 Å². The third kappa shape index (κ3) is 2.77. The van der Waals surface area contributed by atoms with Crippen LogP contribution < -0.4 is 0 Å². The molecule has 0 amide bonds. The van der Waals surface area contributed by atoms with Gasteiger partial charge in [-0.3, -0.25) is 4.79 Å². The minimum absolute atomic E-state index is 0.161. The van der Waals surface area contributed by atoms with Crippen molar-refractivity contribution in [1.82, 2.24) is 0 Å². The van der Waals surface area contributed by atoms with Crippen LogP contribution >= 0.6 is 12.6 Å². The van der Waals surface area contributed by atoms with Crippen LogP contribution in [0.3, 0.4) is 0 Å². The van der Waals surface area contributed by atoms with Crippen LogP contribution in [-0.4, -0.2) is 12.6 Å². The lowest BCUT2D eigenvalue weighted by atomic mass is 10.0. The molecule has 0 N–H and O–H groups in total. The molecule has 0 saturated carbocycles. The third-order valence-electron chi connectivity index (χ3n) is 2.26. The molecule has 0 radical (unpaired) electrons. The second kappa shape index (κ2) is 5.57. The van der Waals surface area contributed by atoms with Crippen LogP contribution in [-0.2, 0) is 16.0 Å². The highest BCUT2D eigenvalue weighted by atomic mass is 32.1. The van der Waals surface area contributed by atoms with Crippen molar-refractivity contribution in [1.29, 1.82) is 5.26 Å². The minimum atomic E-state index is -0.295. The Morgan fingerprint density at radius 3 is 2.81 bits per heavy atom. The second-order valence-electron chi connectivity index (χ2n) is 3.35. The number of carbonyl (C=O) groups excluding carboxylic acids is 1. The second-order valence-corrected chi connectivity index (χ2v) is 3.80. The molecule has 0 aliphatic carbocycles. The Labute approximate surface area is 100 Å². The van der Waals surface area contributed by atoms with Gasteiger partial charge in [0.1, 0.15) is 6.07 Å². The number of aryl methyl sites for hydroxylation is 1. The van der Waals surface area contributed by atoms with Crippen molar-refractivity contribution in [2.45, 2.75) is 25.2 Å². The number of nitriles is 1. The van der Waals surface area contributed by atoms with Gasteiger partial charge in [0, 0.05) is 4.90 Å². The van der Waals surface area contributed by atoms with Crippen LogP contribution in [0.1, 0.15) is 23.6 Å². The summed E-state index contributed by atoms with van der Waals surface area (Å²) in [6.07, 6.45) is 0.161. The van der Waals surface area contributed by atoms with Gasteiger partial charge in [0.2, 0.25) is 0 Å². The van der Waals surface area contributed by atoms with Gasteiger partial charge in [0.25, 0.3) is 0 Å². The van der Waals surface area contributed by atoms with Crippen LogP contribution in [0, 0.1) is 18.3 Å². The van der Waals surface area contributed by atoms with E-state index in [1.54, 1.807) is 13.0 Å². The molecular formula is C12H13NO2S. The molecule has 3 nitrogen and oxygen atoms in total. The number of rotatable bonds is 3. The maximum absolute atomic E-state index is 11.4. The van der Waals surface area contributed by atoms with E-state index < -0.39 is 0 Å². The molecule has 16 heavy (non-hydrogen) atoms. The van der Waals surface area contributed by atoms with E-state index in [1.807, 2.05) is 19.1 Å². The average Bonchev–Trinajstić information content (AvgIpc) is 2.25. The first-order valence-electron chi connectivity index (χ1n) is 4.97. The van der Waals surface area contributed by atoms with Gasteiger partial charge in [-0.1, -0.05) is 6.07 Å². The molecule has 1 aromatic rings. The van der Waals surface area contributed by atoms with E-state index in [9.17, 15) is 4.79 Å². The van der Waals surface area contributed by atoms with E-state index in [1.165, 1.54) is 0 Å². The highest BCUT2D eigenvalue weighted by Gasteiger charge is 2.12.